The van der Waals surface area contributed by atoms with E-state index in [9.17, 15) is 0 Å². The second-order valence-electron chi connectivity index (χ2n) is 4.84. The Hall–Kier alpha value is -1.24. The summed E-state index contributed by atoms with van der Waals surface area (Å²) in [6, 6.07) is 0.332. The fraction of sp³-hybridized carbons (Fsp3) is 0.692. The Morgan fingerprint density at radius 3 is 2.95 bits per heavy atom. The Labute approximate surface area is 113 Å². The van der Waals surface area contributed by atoms with Gasteiger partial charge < -0.3 is 15.2 Å². The van der Waals surface area contributed by atoms with Crippen LogP contribution >= 0.6 is 0 Å². The van der Waals surface area contributed by atoms with Crippen molar-refractivity contribution in [1.82, 2.24) is 14.9 Å². The molecule has 1 aliphatic heterocycles. The number of nitrogens with one attached hydrogen (secondary N) is 1. The number of hydrogen-bond donors (Lipinski definition) is 2. The van der Waals surface area contributed by atoms with Crippen LogP contribution < -0.4 is 5.32 Å². The number of hydrogen-bond acceptors (Lipinski definition) is 6. The highest BCUT2D eigenvalue weighted by atomic mass is 16.5. The van der Waals surface area contributed by atoms with Crippen LogP contribution in [0.4, 0.5) is 5.82 Å². The van der Waals surface area contributed by atoms with Crippen LogP contribution in [0.25, 0.3) is 0 Å². The van der Waals surface area contributed by atoms with Gasteiger partial charge in [0.15, 0.2) is 0 Å². The summed E-state index contributed by atoms with van der Waals surface area (Å²) >= 11 is 0. The van der Waals surface area contributed by atoms with Crippen molar-refractivity contribution in [2.75, 3.05) is 31.6 Å². The highest BCUT2D eigenvalue weighted by molar-refractivity contribution is 5.30. The third-order valence-corrected chi connectivity index (χ3v) is 3.27. The molecule has 19 heavy (non-hydrogen) atoms. The fourth-order valence-electron chi connectivity index (χ4n) is 2.12. The molecular formula is C13H22N4O2. The van der Waals surface area contributed by atoms with E-state index in [-0.39, 0.29) is 12.7 Å². The molecule has 106 valence electrons. The van der Waals surface area contributed by atoms with Gasteiger partial charge in [-0.25, -0.2) is 4.98 Å². The van der Waals surface area contributed by atoms with Crippen molar-refractivity contribution in [3.63, 3.8) is 0 Å². The third-order valence-electron chi connectivity index (χ3n) is 3.27. The number of rotatable bonds is 5. The van der Waals surface area contributed by atoms with Crippen molar-refractivity contribution in [3.05, 3.63) is 18.1 Å². The molecule has 0 saturated carbocycles. The zero-order chi connectivity index (χ0) is 13.7. The predicted octanol–water partition coefficient (Wildman–Crippen LogP) is 0.490. The van der Waals surface area contributed by atoms with Gasteiger partial charge >= 0.3 is 0 Å². The summed E-state index contributed by atoms with van der Waals surface area (Å²) in [7, 11) is 0. The number of morpholine rings is 1. The quantitative estimate of drug-likeness (QED) is 0.808. The first-order chi connectivity index (χ1) is 9.22. The van der Waals surface area contributed by atoms with Gasteiger partial charge in [-0.15, -0.1) is 0 Å². The zero-order valence-electron chi connectivity index (χ0n) is 11.5. The van der Waals surface area contributed by atoms with Gasteiger partial charge in [0.1, 0.15) is 5.82 Å². The van der Waals surface area contributed by atoms with Gasteiger partial charge in [0, 0.05) is 25.7 Å². The molecular weight excluding hydrogens is 244 g/mol. The van der Waals surface area contributed by atoms with Gasteiger partial charge in [0.25, 0.3) is 0 Å². The minimum absolute atomic E-state index is 0.0637. The Kier molecular flexibility index (Phi) is 5.07. The van der Waals surface area contributed by atoms with Crippen molar-refractivity contribution in [2.24, 2.45) is 0 Å². The Bertz CT molecular complexity index is 385. The van der Waals surface area contributed by atoms with Crippen LogP contribution in [-0.2, 0) is 11.3 Å². The molecule has 6 heteroatoms. The van der Waals surface area contributed by atoms with E-state index in [1.165, 1.54) is 0 Å². The van der Waals surface area contributed by atoms with E-state index in [1.807, 2.05) is 6.92 Å². The summed E-state index contributed by atoms with van der Waals surface area (Å²) in [5, 5.41) is 12.3. The third kappa shape index (κ3) is 3.86. The lowest BCUT2D eigenvalue weighted by atomic mass is 10.2. The maximum absolute atomic E-state index is 9.17. The number of aliphatic hydroxyl groups is 1. The van der Waals surface area contributed by atoms with Crippen molar-refractivity contribution in [2.45, 2.75) is 32.5 Å². The van der Waals surface area contributed by atoms with Gasteiger partial charge in [-0.05, 0) is 13.8 Å². The standard InChI is InChI=1S/C13H22N4O2/c1-3-14-13-5-15-11(4-16-13)6-17-7-12(8-18)19-9-10(17)2/h4-5,10,12,18H,3,6-9H2,1-2H3,(H,14,16). The average molecular weight is 266 g/mol. The second kappa shape index (κ2) is 6.79. The zero-order valence-corrected chi connectivity index (χ0v) is 11.5. The Balaban J connectivity index is 1.95. The van der Waals surface area contributed by atoms with Crippen LogP contribution in [0.1, 0.15) is 19.5 Å². The average Bonchev–Trinajstić information content (AvgIpc) is 2.44. The van der Waals surface area contributed by atoms with E-state index in [0.29, 0.717) is 12.6 Å². The minimum Gasteiger partial charge on any atom is -0.394 e. The van der Waals surface area contributed by atoms with Crippen LogP contribution in [-0.4, -0.2) is 58.4 Å². The molecule has 0 aliphatic carbocycles. The lowest BCUT2D eigenvalue weighted by molar-refractivity contribution is -0.0808. The molecule has 6 nitrogen and oxygen atoms in total. The molecule has 0 spiro atoms. The van der Waals surface area contributed by atoms with E-state index in [2.05, 4.69) is 27.1 Å². The topological polar surface area (TPSA) is 70.5 Å². The van der Waals surface area contributed by atoms with E-state index in [4.69, 9.17) is 9.84 Å². The molecule has 0 bridgehead atoms. The predicted molar refractivity (Wildman–Crippen MR) is 72.9 cm³/mol. The summed E-state index contributed by atoms with van der Waals surface area (Å²) in [6.07, 6.45) is 3.46. The molecule has 0 radical (unpaired) electrons. The molecule has 2 heterocycles. The van der Waals surface area contributed by atoms with Gasteiger partial charge in [-0.1, -0.05) is 0 Å². The lowest BCUT2D eigenvalue weighted by Crippen LogP contribution is -2.48. The molecule has 0 aromatic carbocycles. The maximum Gasteiger partial charge on any atom is 0.144 e. The SMILES string of the molecule is CCNc1cnc(CN2CC(CO)OCC2C)cn1. The van der Waals surface area contributed by atoms with Crippen LogP contribution in [0.5, 0.6) is 0 Å². The van der Waals surface area contributed by atoms with Crippen LogP contribution in [0.2, 0.25) is 0 Å². The molecule has 1 aliphatic rings. The first kappa shape index (κ1) is 14.2. The first-order valence-corrected chi connectivity index (χ1v) is 6.74. The number of ether oxygens (including phenoxy) is 1. The van der Waals surface area contributed by atoms with E-state index in [0.717, 1.165) is 31.1 Å². The minimum atomic E-state index is -0.0924. The van der Waals surface area contributed by atoms with Crippen LogP contribution in [0, 0.1) is 0 Å². The van der Waals surface area contributed by atoms with Crippen LogP contribution in [0.15, 0.2) is 12.4 Å². The number of nitrogens with zero attached hydrogens (tertiary/aromatic N) is 3. The fourth-order valence-corrected chi connectivity index (χ4v) is 2.12. The molecule has 1 aromatic rings. The van der Waals surface area contributed by atoms with Gasteiger partial charge in [0.05, 0.1) is 37.4 Å². The molecule has 1 saturated heterocycles. The largest absolute Gasteiger partial charge is 0.394 e. The van der Waals surface area contributed by atoms with E-state index < -0.39 is 0 Å². The maximum atomic E-state index is 9.17. The molecule has 1 fully saturated rings. The highest BCUT2D eigenvalue weighted by Gasteiger charge is 2.25. The monoisotopic (exact) mass is 266 g/mol. The van der Waals surface area contributed by atoms with E-state index in [1.54, 1.807) is 12.4 Å². The number of aliphatic hydroxyl groups excluding tert-OH is 1. The van der Waals surface area contributed by atoms with Crippen LogP contribution in [0.3, 0.4) is 0 Å². The van der Waals surface area contributed by atoms with Crippen molar-refractivity contribution < 1.29 is 9.84 Å². The molecule has 2 N–H and O–H groups in total. The van der Waals surface area contributed by atoms with Crippen molar-refractivity contribution in [1.29, 1.82) is 0 Å². The molecule has 0 amide bonds. The first-order valence-electron chi connectivity index (χ1n) is 6.74. The highest BCUT2D eigenvalue weighted by Crippen LogP contribution is 2.14. The summed E-state index contributed by atoms with van der Waals surface area (Å²) in [4.78, 5) is 11.0. The molecule has 1 aromatic heterocycles. The smallest absolute Gasteiger partial charge is 0.144 e. The Morgan fingerprint density at radius 2 is 2.32 bits per heavy atom. The number of anilines is 1. The second-order valence-corrected chi connectivity index (χ2v) is 4.84. The number of aromatic nitrogens is 2. The summed E-state index contributed by atoms with van der Waals surface area (Å²) in [5.41, 5.74) is 0.937. The summed E-state index contributed by atoms with van der Waals surface area (Å²) in [6.45, 7) is 7.16. The van der Waals surface area contributed by atoms with Gasteiger partial charge in [-0.2, -0.15) is 0 Å². The summed E-state index contributed by atoms with van der Waals surface area (Å²) in [5.74, 6) is 0.800. The van der Waals surface area contributed by atoms with Gasteiger partial charge in [0.2, 0.25) is 0 Å². The molecule has 2 rings (SSSR count). The summed E-state index contributed by atoms with van der Waals surface area (Å²) < 4.78 is 5.52. The lowest BCUT2D eigenvalue weighted by Gasteiger charge is -2.37. The van der Waals surface area contributed by atoms with Gasteiger partial charge in [-0.3, -0.25) is 9.88 Å². The Morgan fingerprint density at radius 1 is 1.47 bits per heavy atom. The van der Waals surface area contributed by atoms with Crippen molar-refractivity contribution in [3.8, 4) is 0 Å². The molecule has 2 atom stereocenters. The normalized spacial score (nSPS) is 24.4. The van der Waals surface area contributed by atoms with Crippen molar-refractivity contribution >= 4 is 5.82 Å². The van der Waals surface area contributed by atoms with E-state index >= 15 is 0 Å². The molecule has 2 unspecified atom stereocenters.